The van der Waals surface area contributed by atoms with Crippen molar-refractivity contribution >= 4 is 6.47 Å². The number of carbonyl (C=O) groups is 1. The summed E-state index contributed by atoms with van der Waals surface area (Å²) in [6.07, 6.45) is 16.3. The number of hydrogen-bond acceptors (Lipinski definition) is 2. The van der Waals surface area contributed by atoms with Gasteiger partial charge in [0.2, 0.25) is 0 Å². The van der Waals surface area contributed by atoms with Crippen molar-refractivity contribution in [3.63, 3.8) is 0 Å². The molecule has 3 rings (SSSR count). The van der Waals surface area contributed by atoms with Crippen molar-refractivity contribution in [1.82, 2.24) is 0 Å². The van der Waals surface area contributed by atoms with Crippen LogP contribution in [0.2, 0.25) is 0 Å². The van der Waals surface area contributed by atoms with Crippen LogP contribution in [0, 0.1) is 26.2 Å². The highest BCUT2D eigenvalue weighted by molar-refractivity contribution is 5.44. The minimum absolute atomic E-state index is 0.0946. The molecule has 2 aliphatic rings. The van der Waals surface area contributed by atoms with E-state index in [1.54, 1.807) is 5.56 Å². The van der Waals surface area contributed by atoms with Crippen LogP contribution in [0.25, 0.3) is 0 Å². The van der Waals surface area contributed by atoms with E-state index < -0.39 is 0 Å². The van der Waals surface area contributed by atoms with Gasteiger partial charge in [-0.25, -0.2) is 0 Å². The van der Waals surface area contributed by atoms with E-state index >= 15 is 0 Å². The molecule has 0 saturated heterocycles. The van der Waals surface area contributed by atoms with Crippen molar-refractivity contribution in [2.45, 2.75) is 117 Å². The van der Waals surface area contributed by atoms with E-state index in [-0.39, 0.29) is 5.60 Å². The maximum absolute atomic E-state index is 10.6. The molecule has 0 atom stereocenters. The zero-order chi connectivity index (χ0) is 20.2. The van der Waals surface area contributed by atoms with Gasteiger partial charge >= 0.3 is 0 Å². The predicted molar refractivity (Wildman–Crippen MR) is 117 cm³/mol. The van der Waals surface area contributed by atoms with Crippen LogP contribution < -0.4 is 0 Å². The molecule has 2 heteroatoms. The number of unbranched alkanes of at least 4 members (excludes halogenated alkanes) is 3. The Kier molecular flexibility index (Phi) is 6.89. The smallest absolute Gasteiger partial charge is 0.293 e. The first kappa shape index (κ1) is 21.4. The van der Waals surface area contributed by atoms with Crippen molar-refractivity contribution in [2.24, 2.45) is 5.41 Å². The fraction of sp³-hybridized carbons (Fsp3) is 0.731. The summed E-state index contributed by atoms with van der Waals surface area (Å²) in [6.45, 7) is 9.97. The molecule has 0 aromatic heterocycles. The summed E-state index contributed by atoms with van der Waals surface area (Å²) in [7, 11) is 0. The zero-order valence-corrected chi connectivity index (χ0v) is 18.7. The van der Waals surface area contributed by atoms with Crippen molar-refractivity contribution in [3.05, 3.63) is 33.9 Å². The Morgan fingerprint density at radius 3 is 1.93 bits per heavy atom. The molecule has 2 aliphatic carbocycles. The van der Waals surface area contributed by atoms with Crippen LogP contribution in [0.3, 0.4) is 0 Å². The highest BCUT2D eigenvalue weighted by Gasteiger charge is 2.44. The molecule has 2 nitrogen and oxygen atoms in total. The Morgan fingerprint density at radius 2 is 1.39 bits per heavy atom. The quantitative estimate of drug-likeness (QED) is 0.272. The Bertz CT molecular complexity index is 680. The molecule has 2 saturated carbocycles. The van der Waals surface area contributed by atoms with Gasteiger partial charge < -0.3 is 4.74 Å². The van der Waals surface area contributed by atoms with Gasteiger partial charge in [-0.1, -0.05) is 25.8 Å². The van der Waals surface area contributed by atoms with Crippen molar-refractivity contribution in [2.75, 3.05) is 0 Å². The van der Waals surface area contributed by atoms with Crippen LogP contribution in [0.1, 0.15) is 105 Å². The highest BCUT2D eigenvalue weighted by atomic mass is 16.5. The third kappa shape index (κ3) is 5.61. The first-order valence-corrected chi connectivity index (χ1v) is 11.6. The van der Waals surface area contributed by atoms with E-state index in [9.17, 15) is 4.79 Å². The molecular formula is C26H40O2. The van der Waals surface area contributed by atoms with Gasteiger partial charge in [-0.05, 0) is 125 Å². The fourth-order valence-electron chi connectivity index (χ4n) is 4.65. The van der Waals surface area contributed by atoms with Gasteiger partial charge in [0, 0.05) is 0 Å². The number of rotatable bonds is 13. The minimum Gasteiger partial charge on any atom is -0.461 e. The topological polar surface area (TPSA) is 26.3 Å². The van der Waals surface area contributed by atoms with Crippen LogP contribution in [-0.2, 0) is 22.4 Å². The van der Waals surface area contributed by atoms with Crippen LogP contribution in [0.4, 0.5) is 0 Å². The van der Waals surface area contributed by atoms with E-state index in [4.69, 9.17) is 4.74 Å². The fourth-order valence-corrected chi connectivity index (χ4v) is 4.65. The van der Waals surface area contributed by atoms with E-state index in [1.165, 1.54) is 73.6 Å². The molecule has 156 valence electrons. The Labute approximate surface area is 172 Å². The number of hydrogen-bond donors (Lipinski definition) is 0. The number of ether oxygens (including phenoxy) is 1. The van der Waals surface area contributed by atoms with E-state index in [2.05, 4.69) is 33.8 Å². The molecule has 0 aliphatic heterocycles. The maximum Gasteiger partial charge on any atom is 0.293 e. The predicted octanol–water partition coefficient (Wildman–Crippen LogP) is 6.93. The molecule has 1 aromatic carbocycles. The lowest BCUT2D eigenvalue weighted by atomic mass is 9.89. The summed E-state index contributed by atoms with van der Waals surface area (Å²) in [5.41, 5.74) is 8.19. The third-order valence-electron chi connectivity index (χ3n) is 7.70. The third-order valence-corrected chi connectivity index (χ3v) is 7.70. The molecule has 0 amide bonds. The van der Waals surface area contributed by atoms with Gasteiger partial charge in [0.1, 0.15) is 5.60 Å². The molecule has 28 heavy (non-hydrogen) atoms. The second-order valence-corrected chi connectivity index (χ2v) is 10.0. The average molecular weight is 385 g/mol. The summed E-state index contributed by atoms with van der Waals surface area (Å²) in [4.78, 5) is 10.6. The second-order valence-electron chi connectivity index (χ2n) is 10.0. The van der Waals surface area contributed by atoms with E-state index in [0.29, 0.717) is 11.9 Å². The van der Waals surface area contributed by atoms with Gasteiger partial charge in [0.15, 0.2) is 0 Å². The summed E-state index contributed by atoms with van der Waals surface area (Å²) < 4.78 is 5.28. The van der Waals surface area contributed by atoms with E-state index in [1.807, 2.05) is 0 Å². The number of benzene rings is 1. The van der Waals surface area contributed by atoms with Crippen LogP contribution in [0.5, 0.6) is 0 Å². The highest BCUT2D eigenvalue weighted by Crippen LogP contribution is 2.49. The van der Waals surface area contributed by atoms with Gasteiger partial charge in [-0.3, -0.25) is 4.79 Å². The zero-order valence-electron chi connectivity index (χ0n) is 18.7. The lowest BCUT2D eigenvalue weighted by Crippen LogP contribution is -2.12. The summed E-state index contributed by atoms with van der Waals surface area (Å²) in [6, 6.07) is 2.49. The average Bonchev–Trinajstić information content (AvgIpc) is 3.59. The lowest BCUT2D eigenvalue weighted by molar-refractivity contribution is -0.135. The van der Waals surface area contributed by atoms with Gasteiger partial charge in [0.25, 0.3) is 6.47 Å². The minimum atomic E-state index is -0.0946. The van der Waals surface area contributed by atoms with E-state index in [0.717, 1.165) is 32.1 Å². The first-order chi connectivity index (χ1) is 13.4. The molecule has 0 bridgehead atoms. The van der Waals surface area contributed by atoms with Crippen LogP contribution in [0.15, 0.2) is 6.07 Å². The number of aryl methyl sites for hydroxylation is 2. The van der Waals surface area contributed by atoms with Crippen molar-refractivity contribution in [3.8, 4) is 0 Å². The SMILES string of the molecule is Cc1c(CCCCCC2(C)CC2)cc(CCCCC2(OC=O)CC2)c(C)c1C. The second kappa shape index (κ2) is 9.01. The van der Waals surface area contributed by atoms with Gasteiger partial charge in [-0.15, -0.1) is 0 Å². The Hall–Kier alpha value is -1.31. The molecule has 1 aromatic rings. The summed E-state index contributed by atoms with van der Waals surface area (Å²) in [5, 5.41) is 0. The maximum atomic E-state index is 10.6. The lowest BCUT2D eigenvalue weighted by Gasteiger charge is -2.17. The largest absolute Gasteiger partial charge is 0.461 e. The van der Waals surface area contributed by atoms with Crippen molar-refractivity contribution < 1.29 is 9.53 Å². The molecule has 0 heterocycles. The monoisotopic (exact) mass is 384 g/mol. The first-order valence-electron chi connectivity index (χ1n) is 11.6. The molecule has 0 unspecified atom stereocenters. The Morgan fingerprint density at radius 1 is 0.821 bits per heavy atom. The normalized spacial score (nSPS) is 18.7. The molecular weight excluding hydrogens is 344 g/mol. The molecule has 0 N–H and O–H groups in total. The molecule has 2 fully saturated rings. The van der Waals surface area contributed by atoms with Crippen LogP contribution in [-0.4, -0.2) is 12.1 Å². The molecule has 0 radical (unpaired) electrons. The van der Waals surface area contributed by atoms with Gasteiger partial charge in [0.05, 0.1) is 0 Å². The summed E-state index contributed by atoms with van der Waals surface area (Å²) >= 11 is 0. The Balaban J connectivity index is 1.47. The number of carbonyl (C=O) groups excluding carboxylic acids is 1. The van der Waals surface area contributed by atoms with Crippen LogP contribution >= 0.6 is 0 Å². The molecule has 0 spiro atoms. The standard InChI is InChI=1S/C26H40O2/c1-20-21(2)23(10-6-5-8-12-25(4)14-15-25)18-24(22(20)3)11-7-9-13-26(16-17-26)28-19-27/h18-19H,5-17H2,1-4H3. The van der Waals surface area contributed by atoms with Crippen molar-refractivity contribution in [1.29, 1.82) is 0 Å². The summed E-state index contributed by atoms with van der Waals surface area (Å²) in [5.74, 6) is 0. The van der Waals surface area contributed by atoms with Gasteiger partial charge in [-0.2, -0.15) is 0 Å².